The number of benzene rings is 1. The smallest absolute Gasteiger partial charge is 0.326 e. The van der Waals surface area contributed by atoms with Crippen LogP contribution in [0.25, 0.3) is 10.9 Å². The second-order valence-electron chi connectivity index (χ2n) is 4.25. The van der Waals surface area contributed by atoms with Crippen LogP contribution >= 0.6 is 0 Å². The first-order valence-corrected chi connectivity index (χ1v) is 6.14. The van der Waals surface area contributed by atoms with Crippen molar-refractivity contribution in [3.63, 3.8) is 0 Å². The Morgan fingerprint density at radius 1 is 1.19 bits per heavy atom. The van der Waals surface area contributed by atoms with Crippen LogP contribution < -0.4 is 5.32 Å². The number of para-hydroxylation sites is 1. The molecule has 0 unspecified atom stereocenters. The molecule has 1 aromatic carbocycles. The lowest BCUT2D eigenvalue weighted by molar-refractivity contribution is -0.147. The number of carboxylic acid groups (broad SMARTS) is 2. The van der Waals surface area contributed by atoms with Crippen LogP contribution in [0.15, 0.2) is 36.5 Å². The van der Waals surface area contributed by atoms with Gasteiger partial charge in [0.15, 0.2) is 0 Å². The molecule has 0 bridgehead atoms. The van der Waals surface area contributed by atoms with Gasteiger partial charge < -0.3 is 20.5 Å². The highest BCUT2D eigenvalue weighted by molar-refractivity contribution is 5.85. The normalized spacial score (nSPS) is 11.1. The largest absolute Gasteiger partial charge is 0.481 e. The zero-order valence-electron chi connectivity index (χ0n) is 11.4. The number of carboxylic acids is 2. The molecule has 2 aromatic rings. The number of nitrogens with one attached hydrogen (secondary N) is 2. The molecule has 1 atom stereocenters. The van der Waals surface area contributed by atoms with E-state index in [9.17, 15) is 14.4 Å². The van der Waals surface area contributed by atoms with Crippen molar-refractivity contribution < 1.29 is 24.6 Å². The molecule has 1 aromatic heterocycles. The molecule has 0 aliphatic carbocycles. The van der Waals surface area contributed by atoms with E-state index in [-0.39, 0.29) is 0 Å². The molecule has 1 amide bonds. The van der Waals surface area contributed by atoms with E-state index in [0.717, 1.165) is 6.92 Å². The first-order valence-electron chi connectivity index (χ1n) is 6.14. The van der Waals surface area contributed by atoms with E-state index in [4.69, 9.17) is 10.2 Å². The van der Waals surface area contributed by atoms with Crippen LogP contribution in [0.4, 0.5) is 0 Å². The molecule has 0 fully saturated rings. The Balaban J connectivity index is 0.000000216. The van der Waals surface area contributed by atoms with E-state index in [1.807, 2.05) is 23.6 Å². The summed E-state index contributed by atoms with van der Waals surface area (Å²) in [4.78, 5) is 33.9. The summed E-state index contributed by atoms with van der Waals surface area (Å²) in [5.41, 5.74) is 1.21. The topological polar surface area (TPSA) is 119 Å². The fourth-order valence-electron chi connectivity index (χ4n) is 1.62. The third-order valence-electron chi connectivity index (χ3n) is 2.52. The number of carbonyl (C=O) groups is 3. The van der Waals surface area contributed by atoms with Gasteiger partial charge in [0, 0.05) is 18.6 Å². The predicted octanol–water partition coefficient (Wildman–Crippen LogP) is 1.22. The van der Waals surface area contributed by atoms with Crippen LogP contribution in [0, 0.1) is 0 Å². The molecule has 4 N–H and O–H groups in total. The summed E-state index contributed by atoms with van der Waals surface area (Å²) in [6.07, 6.45) is 1.33. The van der Waals surface area contributed by atoms with Crippen molar-refractivity contribution in [3.8, 4) is 0 Å². The van der Waals surface area contributed by atoms with Crippen LogP contribution in [-0.2, 0) is 14.4 Å². The van der Waals surface area contributed by atoms with Crippen LogP contribution in [0.5, 0.6) is 0 Å². The number of hydrogen-bond donors (Lipinski definition) is 4. The summed E-state index contributed by atoms with van der Waals surface area (Å²) in [5, 5.41) is 19.9. The van der Waals surface area contributed by atoms with Gasteiger partial charge in [0.1, 0.15) is 6.04 Å². The van der Waals surface area contributed by atoms with Crippen molar-refractivity contribution in [1.82, 2.24) is 10.3 Å². The number of carbonyl (C=O) groups excluding carboxylic acids is 1. The molecule has 2 rings (SSSR count). The lowest BCUT2D eigenvalue weighted by Gasteiger charge is -2.09. The van der Waals surface area contributed by atoms with Gasteiger partial charge in [-0.25, -0.2) is 4.79 Å². The fourth-order valence-corrected chi connectivity index (χ4v) is 1.62. The minimum absolute atomic E-state index is 0.566. The maximum absolute atomic E-state index is 10.4. The van der Waals surface area contributed by atoms with Crippen LogP contribution in [-0.4, -0.2) is 39.1 Å². The summed E-state index contributed by atoms with van der Waals surface area (Å²) >= 11 is 0. The monoisotopic (exact) mass is 292 g/mol. The number of hydrogen-bond acceptors (Lipinski definition) is 3. The molecular weight excluding hydrogens is 276 g/mol. The van der Waals surface area contributed by atoms with Gasteiger partial charge in [-0.2, -0.15) is 0 Å². The second kappa shape index (κ2) is 7.68. The minimum atomic E-state index is -1.35. The third kappa shape index (κ3) is 5.77. The molecule has 0 saturated carbocycles. The first kappa shape index (κ1) is 16.2. The van der Waals surface area contributed by atoms with Gasteiger partial charge in [0.05, 0.1) is 6.42 Å². The summed E-state index contributed by atoms with van der Waals surface area (Å²) in [7, 11) is 0. The molecule has 0 radical (unpaired) electrons. The van der Waals surface area contributed by atoms with Crippen molar-refractivity contribution in [2.75, 3.05) is 0 Å². The lowest BCUT2D eigenvalue weighted by Crippen LogP contribution is -2.41. The number of aromatic amines is 1. The summed E-state index contributed by atoms with van der Waals surface area (Å²) < 4.78 is 0. The highest BCUT2D eigenvalue weighted by Crippen LogP contribution is 2.09. The second-order valence-corrected chi connectivity index (χ2v) is 4.25. The molecule has 0 saturated heterocycles. The molecule has 1 heterocycles. The highest BCUT2D eigenvalue weighted by Gasteiger charge is 2.21. The zero-order chi connectivity index (χ0) is 15.8. The minimum Gasteiger partial charge on any atom is -0.481 e. The van der Waals surface area contributed by atoms with Gasteiger partial charge in [-0.15, -0.1) is 0 Å². The van der Waals surface area contributed by atoms with Crippen LogP contribution in [0.2, 0.25) is 0 Å². The Hall–Kier alpha value is -2.83. The van der Waals surface area contributed by atoms with E-state index in [0.29, 0.717) is 0 Å². The summed E-state index contributed by atoms with van der Waals surface area (Å²) in [5.74, 6) is -3.19. The first-order chi connectivity index (χ1) is 9.90. The highest BCUT2D eigenvalue weighted by atomic mass is 16.4. The van der Waals surface area contributed by atoms with Crippen LogP contribution in [0.1, 0.15) is 13.3 Å². The Labute approximate surface area is 120 Å². The van der Waals surface area contributed by atoms with Crippen molar-refractivity contribution in [3.05, 3.63) is 36.5 Å². The number of aromatic nitrogens is 1. The van der Waals surface area contributed by atoms with E-state index in [1.165, 1.54) is 10.9 Å². The Morgan fingerprint density at radius 2 is 1.86 bits per heavy atom. The molecular formula is C14H16N2O5. The maximum Gasteiger partial charge on any atom is 0.326 e. The van der Waals surface area contributed by atoms with Crippen molar-refractivity contribution in [1.29, 1.82) is 0 Å². The fraction of sp³-hybridized carbons (Fsp3) is 0.214. The van der Waals surface area contributed by atoms with E-state index >= 15 is 0 Å². The molecule has 112 valence electrons. The molecule has 21 heavy (non-hydrogen) atoms. The SMILES string of the molecule is CC(=O)N[C@@H](CC(=O)O)C(=O)O.c1ccc2[nH]ccc2c1. The summed E-state index contributed by atoms with van der Waals surface area (Å²) in [6, 6.07) is 8.94. The molecule has 0 aliphatic heterocycles. The number of amides is 1. The third-order valence-corrected chi connectivity index (χ3v) is 2.52. The molecule has 0 aliphatic rings. The number of aliphatic carboxylic acids is 2. The Morgan fingerprint density at radius 3 is 2.38 bits per heavy atom. The van der Waals surface area contributed by atoms with Crippen molar-refractivity contribution >= 4 is 28.7 Å². The van der Waals surface area contributed by atoms with E-state index < -0.39 is 30.3 Å². The maximum atomic E-state index is 10.4. The van der Waals surface area contributed by atoms with E-state index in [2.05, 4.69) is 23.2 Å². The van der Waals surface area contributed by atoms with E-state index in [1.54, 1.807) is 0 Å². The average molecular weight is 292 g/mol. The zero-order valence-corrected chi connectivity index (χ0v) is 11.4. The Kier molecular flexibility index (Phi) is 5.94. The van der Waals surface area contributed by atoms with Gasteiger partial charge in [0.25, 0.3) is 0 Å². The molecule has 7 nitrogen and oxygen atoms in total. The predicted molar refractivity (Wildman–Crippen MR) is 75.8 cm³/mol. The van der Waals surface area contributed by atoms with Crippen molar-refractivity contribution in [2.45, 2.75) is 19.4 Å². The number of rotatable bonds is 4. The average Bonchev–Trinajstić information content (AvgIpc) is 2.85. The van der Waals surface area contributed by atoms with Gasteiger partial charge in [-0.1, -0.05) is 18.2 Å². The van der Waals surface area contributed by atoms with Crippen LogP contribution in [0.3, 0.4) is 0 Å². The number of H-pyrrole nitrogens is 1. The van der Waals surface area contributed by atoms with Crippen molar-refractivity contribution in [2.24, 2.45) is 0 Å². The quantitative estimate of drug-likeness (QED) is 0.675. The van der Waals surface area contributed by atoms with Gasteiger partial charge in [0.2, 0.25) is 5.91 Å². The van der Waals surface area contributed by atoms with Gasteiger partial charge in [-0.3, -0.25) is 9.59 Å². The van der Waals surface area contributed by atoms with Gasteiger partial charge >= 0.3 is 11.9 Å². The van der Waals surface area contributed by atoms with Gasteiger partial charge in [-0.05, 0) is 17.5 Å². The molecule has 7 heteroatoms. The number of fused-ring (bicyclic) bond motifs is 1. The Bertz CT molecular complexity index is 589. The lowest BCUT2D eigenvalue weighted by atomic mass is 10.2. The molecule has 0 spiro atoms. The summed E-state index contributed by atoms with van der Waals surface area (Å²) in [6.45, 7) is 1.12. The standard InChI is InChI=1S/C8H7N.C6H9NO5/c1-2-4-8-7(3-1)5-6-9-8;1-3(8)7-4(6(11)12)2-5(9)10/h1-6,9H;4H,2H2,1H3,(H,7,8)(H,9,10)(H,11,12)/t;4-/m.0/s1.